The number of carbonyl (C=O) groups is 2. The highest BCUT2D eigenvalue weighted by Crippen LogP contribution is 2.16. The van der Waals surface area contributed by atoms with Gasteiger partial charge in [-0.2, -0.15) is 11.3 Å². The van der Waals surface area contributed by atoms with Gasteiger partial charge >= 0.3 is 5.97 Å². The van der Waals surface area contributed by atoms with Gasteiger partial charge in [0.15, 0.2) is 6.61 Å². The molecule has 1 N–H and O–H groups in total. The number of nitrogens with one attached hydrogen (secondary N) is 1. The lowest BCUT2D eigenvalue weighted by Gasteiger charge is -2.07. The first kappa shape index (κ1) is 15.0. The van der Waals surface area contributed by atoms with E-state index in [2.05, 4.69) is 27.9 Å². The average Bonchev–Trinajstić information content (AvgIpc) is 2.92. The van der Waals surface area contributed by atoms with Crippen LogP contribution >= 0.6 is 33.9 Å². The van der Waals surface area contributed by atoms with Crippen molar-refractivity contribution in [2.24, 2.45) is 0 Å². The lowest BCUT2D eigenvalue weighted by atomic mass is 10.2. The first-order valence-electron chi connectivity index (χ1n) is 5.86. The van der Waals surface area contributed by atoms with Gasteiger partial charge in [-0.3, -0.25) is 9.59 Å². The number of halogens is 1. The zero-order valence-electron chi connectivity index (χ0n) is 10.5. The number of para-hydroxylation sites is 1. The van der Waals surface area contributed by atoms with Gasteiger partial charge < -0.3 is 10.1 Å². The second-order valence-corrected chi connectivity index (χ2v) is 5.94. The molecule has 104 valence electrons. The van der Waals surface area contributed by atoms with Crippen molar-refractivity contribution in [1.29, 1.82) is 0 Å². The molecule has 0 unspecified atom stereocenters. The van der Waals surface area contributed by atoms with Gasteiger partial charge in [-0.15, -0.1) is 0 Å². The van der Waals surface area contributed by atoms with E-state index >= 15 is 0 Å². The Balaban J connectivity index is 1.78. The van der Waals surface area contributed by atoms with Gasteiger partial charge in [0.2, 0.25) is 0 Å². The van der Waals surface area contributed by atoms with Crippen molar-refractivity contribution in [3.05, 3.63) is 50.2 Å². The zero-order chi connectivity index (χ0) is 14.4. The van der Waals surface area contributed by atoms with Crippen molar-refractivity contribution >= 4 is 51.5 Å². The van der Waals surface area contributed by atoms with Crippen LogP contribution in [0.1, 0.15) is 5.56 Å². The van der Waals surface area contributed by atoms with E-state index in [4.69, 9.17) is 4.74 Å². The predicted molar refractivity (Wildman–Crippen MR) is 86.8 cm³/mol. The van der Waals surface area contributed by atoms with E-state index in [1.165, 1.54) is 11.3 Å². The molecule has 2 rings (SSSR count). The summed E-state index contributed by atoms with van der Waals surface area (Å²) in [5.41, 5.74) is 1.62. The Hall–Kier alpha value is -1.41. The van der Waals surface area contributed by atoms with Crippen molar-refractivity contribution in [2.45, 2.75) is 6.42 Å². The van der Waals surface area contributed by atoms with Crippen LogP contribution in [0.5, 0.6) is 0 Å². The number of amides is 1. The van der Waals surface area contributed by atoms with Gasteiger partial charge in [-0.1, -0.05) is 12.1 Å². The summed E-state index contributed by atoms with van der Waals surface area (Å²) >= 11 is 3.65. The smallest absolute Gasteiger partial charge is 0.310 e. The lowest BCUT2D eigenvalue weighted by molar-refractivity contribution is -0.146. The molecule has 1 amide bonds. The molecular weight excluding hydrogens is 389 g/mol. The molecule has 0 radical (unpaired) electrons. The fraction of sp³-hybridized carbons (Fsp3) is 0.143. The van der Waals surface area contributed by atoms with Crippen LogP contribution in [0, 0.1) is 3.57 Å². The number of hydrogen-bond donors (Lipinski definition) is 1. The summed E-state index contributed by atoms with van der Waals surface area (Å²) in [4.78, 5) is 23.2. The minimum absolute atomic E-state index is 0.194. The van der Waals surface area contributed by atoms with Crippen LogP contribution in [0.4, 0.5) is 5.69 Å². The quantitative estimate of drug-likeness (QED) is 0.619. The molecule has 1 heterocycles. The van der Waals surface area contributed by atoms with E-state index in [1.54, 1.807) is 6.07 Å². The van der Waals surface area contributed by atoms with Crippen LogP contribution < -0.4 is 5.32 Å². The fourth-order valence-corrected chi connectivity index (χ4v) is 2.70. The molecule has 2 aromatic rings. The van der Waals surface area contributed by atoms with Gasteiger partial charge in [-0.05, 0) is 57.1 Å². The third-order valence-corrected chi connectivity index (χ3v) is 4.11. The van der Waals surface area contributed by atoms with Crippen LogP contribution in [0.3, 0.4) is 0 Å². The van der Waals surface area contributed by atoms with Gasteiger partial charge in [0.25, 0.3) is 5.91 Å². The van der Waals surface area contributed by atoms with Crippen molar-refractivity contribution in [3.63, 3.8) is 0 Å². The number of benzene rings is 1. The number of rotatable bonds is 5. The van der Waals surface area contributed by atoms with Gasteiger partial charge in [-0.25, -0.2) is 0 Å². The van der Waals surface area contributed by atoms with Crippen molar-refractivity contribution in [3.8, 4) is 0 Å². The third-order valence-electron chi connectivity index (χ3n) is 2.44. The molecule has 0 saturated heterocycles. The molecule has 0 aliphatic rings. The molecule has 0 spiro atoms. The summed E-state index contributed by atoms with van der Waals surface area (Å²) in [7, 11) is 0. The molecular formula is C14H12INO3S. The summed E-state index contributed by atoms with van der Waals surface area (Å²) in [5, 5.41) is 6.48. The standard InChI is InChI=1S/C14H12INO3S/c15-11-3-1-2-4-12(11)16-13(17)8-19-14(18)7-10-5-6-20-9-10/h1-6,9H,7-8H2,(H,16,17). The first-order valence-corrected chi connectivity index (χ1v) is 7.88. The Morgan fingerprint density at radius 3 is 2.75 bits per heavy atom. The van der Waals surface area contributed by atoms with E-state index < -0.39 is 5.97 Å². The zero-order valence-corrected chi connectivity index (χ0v) is 13.4. The predicted octanol–water partition coefficient (Wildman–Crippen LogP) is 3.08. The molecule has 1 aromatic heterocycles. The third kappa shape index (κ3) is 4.61. The van der Waals surface area contributed by atoms with Crippen LogP contribution in [0.2, 0.25) is 0 Å². The van der Waals surface area contributed by atoms with Crippen LogP contribution in [-0.4, -0.2) is 18.5 Å². The maximum Gasteiger partial charge on any atom is 0.310 e. The molecule has 4 nitrogen and oxygen atoms in total. The minimum atomic E-state index is -0.402. The Morgan fingerprint density at radius 2 is 2.05 bits per heavy atom. The van der Waals surface area contributed by atoms with Crippen LogP contribution in [-0.2, 0) is 20.7 Å². The summed E-state index contributed by atoms with van der Waals surface area (Å²) in [5.74, 6) is -0.742. The van der Waals surface area contributed by atoms with E-state index in [0.717, 1.165) is 9.13 Å². The largest absolute Gasteiger partial charge is 0.455 e. The highest BCUT2D eigenvalue weighted by molar-refractivity contribution is 14.1. The SMILES string of the molecule is O=C(COC(=O)Cc1ccsc1)Nc1ccccc1I. The molecule has 0 atom stereocenters. The van der Waals surface area contributed by atoms with Crippen LogP contribution in [0.15, 0.2) is 41.1 Å². The Labute approximate surface area is 134 Å². The molecule has 6 heteroatoms. The second-order valence-electron chi connectivity index (χ2n) is 4.00. The number of anilines is 1. The van der Waals surface area contributed by atoms with Crippen molar-refractivity contribution in [1.82, 2.24) is 0 Å². The average molecular weight is 401 g/mol. The van der Waals surface area contributed by atoms with E-state index in [0.29, 0.717) is 5.69 Å². The minimum Gasteiger partial charge on any atom is -0.455 e. The molecule has 0 saturated carbocycles. The molecule has 0 aliphatic carbocycles. The second kappa shape index (κ2) is 7.39. The van der Waals surface area contributed by atoms with E-state index in [1.807, 2.05) is 35.0 Å². The summed E-state index contributed by atoms with van der Waals surface area (Å²) in [6.45, 7) is -0.270. The monoisotopic (exact) mass is 401 g/mol. The van der Waals surface area contributed by atoms with Gasteiger partial charge in [0.05, 0.1) is 12.1 Å². The molecule has 0 aliphatic heterocycles. The molecule has 20 heavy (non-hydrogen) atoms. The molecule has 1 aromatic carbocycles. The van der Waals surface area contributed by atoms with Crippen molar-refractivity contribution in [2.75, 3.05) is 11.9 Å². The maximum atomic E-state index is 11.7. The fourth-order valence-electron chi connectivity index (χ4n) is 1.51. The number of hydrogen-bond acceptors (Lipinski definition) is 4. The number of esters is 1. The normalized spacial score (nSPS) is 10.1. The number of ether oxygens (including phenoxy) is 1. The highest BCUT2D eigenvalue weighted by Gasteiger charge is 2.10. The topological polar surface area (TPSA) is 55.4 Å². The molecule has 0 fully saturated rings. The summed E-state index contributed by atoms with van der Waals surface area (Å²) < 4.78 is 5.87. The summed E-state index contributed by atoms with van der Waals surface area (Å²) in [6, 6.07) is 9.27. The molecule has 0 bridgehead atoms. The Bertz CT molecular complexity index is 598. The van der Waals surface area contributed by atoms with Gasteiger partial charge in [0.1, 0.15) is 0 Å². The van der Waals surface area contributed by atoms with Crippen LogP contribution in [0.25, 0.3) is 0 Å². The lowest BCUT2D eigenvalue weighted by Crippen LogP contribution is -2.21. The van der Waals surface area contributed by atoms with E-state index in [-0.39, 0.29) is 18.9 Å². The van der Waals surface area contributed by atoms with E-state index in [9.17, 15) is 9.59 Å². The summed E-state index contributed by atoms with van der Waals surface area (Å²) in [6.07, 6.45) is 0.194. The number of carbonyl (C=O) groups excluding carboxylic acids is 2. The first-order chi connectivity index (χ1) is 9.65. The Morgan fingerprint density at radius 1 is 1.25 bits per heavy atom. The number of thiophene rings is 1. The maximum absolute atomic E-state index is 11.7. The highest BCUT2D eigenvalue weighted by atomic mass is 127. The van der Waals surface area contributed by atoms with Crippen molar-refractivity contribution < 1.29 is 14.3 Å². The Kier molecular flexibility index (Phi) is 5.54. The van der Waals surface area contributed by atoms with Gasteiger partial charge in [0, 0.05) is 3.57 Å².